The van der Waals surface area contributed by atoms with Gasteiger partial charge in [0.25, 0.3) is 0 Å². The molecule has 92 valence electrons. The number of hydrogen-bond acceptors (Lipinski definition) is 3. The van der Waals surface area contributed by atoms with E-state index in [9.17, 15) is 4.79 Å². The maximum Gasteiger partial charge on any atom is 0.246 e. The SMILES string of the molecule is C=CC(=O)N1Cc2sccc2[C@@H](c2cccs2)C1. The molecule has 0 aromatic carbocycles. The Bertz CT molecular complexity index is 570. The second-order valence-corrected chi connectivity index (χ2v) is 6.27. The summed E-state index contributed by atoms with van der Waals surface area (Å²) >= 11 is 3.49. The first-order valence-electron chi connectivity index (χ1n) is 5.80. The summed E-state index contributed by atoms with van der Waals surface area (Å²) < 4.78 is 0. The van der Waals surface area contributed by atoms with E-state index in [0.717, 1.165) is 13.1 Å². The summed E-state index contributed by atoms with van der Waals surface area (Å²) in [5.74, 6) is 0.347. The predicted octanol–water partition coefficient (Wildman–Crippen LogP) is 3.47. The summed E-state index contributed by atoms with van der Waals surface area (Å²) in [5.41, 5.74) is 1.38. The van der Waals surface area contributed by atoms with Gasteiger partial charge in [-0.25, -0.2) is 0 Å². The van der Waals surface area contributed by atoms with Crippen LogP contribution in [0.4, 0.5) is 0 Å². The van der Waals surface area contributed by atoms with Gasteiger partial charge in [-0.15, -0.1) is 22.7 Å². The standard InChI is InChI=1S/C14H13NOS2/c1-2-14(16)15-8-11(12-4-3-6-17-12)10-5-7-18-13(10)9-15/h2-7,11H,1,8-9H2/t11-/m0/s1. The Morgan fingerprint density at radius 1 is 1.39 bits per heavy atom. The quantitative estimate of drug-likeness (QED) is 0.769. The summed E-state index contributed by atoms with van der Waals surface area (Å²) in [6.45, 7) is 5.06. The van der Waals surface area contributed by atoms with Crippen molar-refractivity contribution in [2.24, 2.45) is 0 Å². The maximum atomic E-state index is 11.8. The van der Waals surface area contributed by atoms with Crippen molar-refractivity contribution < 1.29 is 4.79 Å². The van der Waals surface area contributed by atoms with E-state index in [4.69, 9.17) is 0 Å². The molecule has 3 heterocycles. The van der Waals surface area contributed by atoms with E-state index in [1.54, 1.807) is 22.7 Å². The van der Waals surface area contributed by atoms with Crippen molar-refractivity contribution in [1.29, 1.82) is 0 Å². The van der Waals surface area contributed by atoms with Gasteiger partial charge in [0.15, 0.2) is 0 Å². The van der Waals surface area contributed by atoms with Gasteiger partial charge in [0.1, 0.15) is 0 Å². The molecule has 2 aromatic heterocycles. The van der Waals surface area contributed by atoms with Crippen LogP contribution < -0.4 is 0 Å². The molecule has 1 amide bonds. The molecular formula is C14H13NOS2. The van der Waals surface area contributed by atoms with Crippen molar-refractivity contribution >= 4 is 28.6 Å². The highest BCUT2D eigenvalue weighted by Gasteiger charge is 2.29. The zero-order valence-corrected chi connectivity index (χ0v) is 11.5. The van der Waals surface area contributed by atoms with E-state index < -0.39 is 0 Å². The van der Waals surface area contributed by atoms with Crippen LogP contribution in [-0.4, -0.2) is 17.4 Å². The van der Waals surface area contributed by atoms with Crippen LogP contribution in [0.15, 0.2) is 41.6 Å². The molecule has 0 fully saturated rings. The van der Waals surface area contributed by atoms with Gasteiger partial charge in [-0.1, -0.05) is 12.6 Å². The number of nitrogens with zero attached hydrogens (tertiary/aromatic N) is 1. The van der Waals surface area contributed by atoms with Gasteiger partial charge in [0, 0.05) is 22.2 Å². The largest absolute Gasteiger partial charge is 0.333 e. The van der Waals surface area contributed by atoms with Gasteiger partial charge >= 0.3 is 0 Å². The van der Waals surface area contributed by atoms with Crippen LogP contribution in [0.5, 0.6) is 0 Å². The fourth-order valence-electron chi connectivity index (χ4n) is 2.38. The lowest BCUT2D eigenvalue weighted by atomic mass is 9.94. The molecule has 1 aliphatic heterocycles. The lowest BCUT2D eigenvalue weighted by Crippen LogP contribution is -2.36. The first-order valence-corrected chi connectivity index (χ1v) is 7.56. The average molecular weight is 275 g/mol. The summed E-state index contributed by atoms with van der Waals surface area (Å²) in [6.07, 6.45) is 1.41. The minimum Gasteiger partial charge on any atom is -0.333 e. The van der Waals surface area contributed by atoms with Crippen molar-refractivity contribution in [2.45, 2.75) is 12.5 Å². The molecule has 2 aromatic rings. The fraction of sp³-hybridized carbons (Fsp3) is 0.214. The van der Waals surface area contributed by atoms with Crippen molar-refractivity contribution in [3.8, 4) is 0 Å². The lowest BCUT2D eigenvalue weighted by Gasteiger charge is -2.31. The van der Waals surface area contributed by atoms with E-state index >= 15 is 0 Å². The molecule has 0 aliphatic carbocycles. The topological polar surface area (TPSA) is 20.3 Å². The van der Waals surface area contributed by atoms with Crippen molar-refractivity contribution in [3.63, 3.8) is 0 Å². The molecule has 0 spiro atoms. The number of rotatable bonds is 2. The zero-order valence-electron chi connectivity index (χ0n) is 9.83. The van der Waals surface area contributed by atoms with E-state index in [2.05, 4.69) is 35.5 Å². The molecule has 0 N–H and O–H groups in total. The van der Waals surface area contributed by atoms with Crippen LogP contribution in [0, 0.1) is 0 Å². The van der Waals surface area contributed by atoms with Crippen LogP contribution >= 0.6 is 22.7 Å². The summed E-state index contributed by atoms with van der Waals surface area (Å²) in [4.78, 5) is 16.3. The molecule has 0 radical (unpaired) electrons. The third kappa shape index (κ3) is 1.91. The summed E-state index contributed by atoms with van der Waals surface area (Å²) in [5, 5.41) is 4.21. The van der Waals surface area contributed by atoms with Crippen LogP contribution in [0.3, 0.4) is 0 Å². The Balaban J connectivity index is 1.99. The second kappa shape index (κ2) is 4.71. The lowest BCUT2D eigenvalue weighted by molar-refractivity contribution is -0.127. The monoisotopic (exact) mass is 275 g/mol. The summed E-state index contributed by atoms with van der Waals surface area (Å²) in [7, 11) is 0. The molecule has 3 rings (SSSR count). The Labute approximate surface area is 114 Å². The van der Waals surface area contributed by atoms with Crippen LogP contribution in [0.1, 0.15) is 21.2 Å². The molecule has 1 atom stereocenters. The third-order valence-electron chi connectivity index (χ3n) is 3.27. The zero-order chi connectivity index (χ0) is 12.5. The van der Waals surface area contributed by atoms with Crippen LogP contribution in [-0.2, 0) is 11.3 Å². The molecule has 0 bridgehead atoms. The molecule has 0 saturated carbocycles. The van der Waals surface area contributed by atoms with Crippen molar-refractivity contribution in [2.75, 3.05) is 6.54 Å². The Kier molecular flexibility index (Phi) is 3.06. The van der Waals surface area contributed by atoms with E-state index in [1.807, 2.05) is 4.90 Å². The van der Waals surface area contributed by atoms with Crippen LogP contribution in [0.25, 0.3) is 0 Å². The smallest absolute Gasteiger partial charge is 0.246 e. The normalized spacial score (nSPS) is 18.4. The number of carbonyl (C=O) groups excluding carboxylic acids is 1. The molecule has 1 aliphatic rings. The highest BCUT2D eigenvalue weighted by atomic mass is 32.1. The highest BCUT2D eigenvalue weighted by molar-refractivity contribution is 7.10. The number of thiophene rings is 2. The van der Waals surface area contributed by atoms with E-state index in [0.29, 0.717) is 5.92 Å². The number of hydrogen-bond donors (Lipinski definition) is 0. The molecule has 4 heteroatoms. The number of amides is 1. The molecule has 18 heavy (non-hydrogen) atoms. The van der Waals surface area contributed by atoms with E-state index in [-0.39, 0.29) is 5.91 Å². The highest BCUT2D eigenvalue weighted by Crippen LogP contribution is 2.38. The Hall–Kier alpha value is -1.39. The third-order valence-corrected chi connectivity index (χ3v) is 5.17. The van der Waals surface area contributed by atoms with Gasteiger partial charge in [-0.2, -0.15) is 0 Å². The number of carbonyl (C=O) groups is 1. The van der Waals surface area contributed by atoms with Crippen molar-refractivity contribution in [1.82, 2.24) is 4.90 Å². The fourth-order valence-corrected chi connectivity index (χ4v) is 4.17. The minimum absolute atomic E-state index is 0.0237. The minimum atomic E-state index is 0.0237. The van der Waals surface area contributed by atoms with Gasteiger partial charge in [0.05, 0.1) is 6.54 Å². The van der Waals surface area contributed by atoms with E-state index in [1.165, 1.54) is 21.4 Å². The molecule has 2 nitrogen and oxygen atoms in total. The van der Waals surface area contributed by atoms with Crippen molar-refractivity contribution in [3.05, 3.63) is 56.9 Å². The maximum absolute atomic E-state index is 11.8. The van der Waals surface area contributed by atoms with Gasteiger partial charge in [-0.05, 0) is 34.5 Å². The number of fused-ring (bicyclic) bond motifs is 1. The van der Waals surface area contributed by atoms with Gasteiger partial charge < -0.3 is 4.90 Å². The summed E-state index contributed by atoms with van der Waals surface area (Å²) in [6, 6.07) is 6.42. The van der Waals surface area contributed by atoms with Crippen LogP contribution in [0.2, 0.25) is 0 Å². The Morgan fingerprint density at radius 3 is 3.00 bits per heavy atom. The first-order chi connectivity index (χ1) is 8.79. The molecule has 0 unspecified atom stereocenters. The van der Waals surface area contributed by atoms with Gasteiger partial charge in [-0.3, -0.25) is 4.79 Å². The average Bonchev–Trinajstić information content (AvgIpc) is 3.06. The predicted molar refractivity (Wildman–Crippen MR) is 76.1 cm³/mol. The molecular weight excluding hydrogens is 262 g/mol. The van der Waals surface area contributed by atoms with Gasteiger partial charge in [0.2, 0.25) is 5.91 Å². The molecule has 0 saturated heterocycles. The Morgan fingerprint density at radius 2 is 2.28 bits per heavy atom. The first kappa shape index (κ1) is 11.7. The second-order valence-electron chi connectivity index (χ2n) is 4.29.